The molecule has 1 aliphatic rings. The van der Waals surface area contributed by atoms with Crippen LogP contribution in [0.2, 0.25) is 0 Å². The van der Waals surface area contributed by atoms with E-state index >= 15 is 0 Å². The molecule has 0 bridgehead atoms. The summed E-state index contributed by atoms with van der Waals surface area (Å²) in [4.78, 5) is 25.9. The van der Waals surface area contributed by atoms with Gasteiger partial charge in [-0.1, -0.05) is 0 Å². The van der Waals surface area contributed by atoms with E-state index in [-0.39, 0.29) is 47.1 Å². The van der Waals surface area contributed by atoms with Gasteiger partial charge in [0.05, 0.1) is 30.6 Å². The van der Waals surface area contributed by atoms with Crippen molar-refractivity contribution in [3.63, 3.8) is 0 Å². The minimum atomic E-state index is -0.749. The number of anilines is 1. The molecule has 1 fully saturated rings. The lowest BCUT2D eigenvalue weighted by molar-refractivity contribution is -0.0136. The van der Waals surface area contributed by atoms with E-state index in [9.17, 15) is 18.7 Å². The molecule has 1 saturated heterocycles. The third-order valence-corrected chi connectivity index (χ3v) is 5.18. The van der Waals surface area contributed by atoms with E-state index in [1.54, 1.807) is 21.0 Å². The van der Waals surface area contributed by atoms with Crippen LogP contribution in [0.5, 0.6) is 0 Å². The Morgan fingerprint density at radius 3 is 2.81 bits per heavy atom. The first-order valence-electron chi connectivity index (χ1n) is 9.71. The fourth-order valence-corrected chi connectivity index (χ4v) is 3.46. The van der Waals surface area contributed by atoms with E-state index in [1.165, 1.54) is 15.5 Å². The summed E-state index contributed by atoms with van der Waals surface area (Å²) in [6.45, 7) is 2.29. The zero-order chi connectivity index (χ0) is 22.3. The molecular formula is C20H22F2N6O3. The number of aliphatic hydroxyl groups is 1. The first-order chi connectivity index (χ1) is 14.8. The van der Waals surface area contributed by atoms with E-state index < -0.39 is 17.7 Å². The quantitative estimate of drug-likeness (QED) is 0.646. The van der Waals surface area contributed by atoms with E-state index in [0.717, 1.165) is 12.3 Å². The van der Waals surface area contributed by atoms with Gasteiger partial charge >= 0.3 is 0 Å². The highest BCUT2D eigenvalue weighted by molar-refractivity contribution is 5.94. The van der Waals surface area contributed by atoms with Gasteiger partial charge in [0.15, 0.2) is 17.3 Å². The van der Waals surface area contributed by atoms with Crippen molar-refractivity contribution in [2.45, 2.75) is 25.5 Å². The van der Waals surface area contributed by atoms with E-state index in [2.05, 4.69) is 20.3 Å². The molecule has 4 heterocycles. The largest absolute Gasteiger partial charge is 0.389 e. The molecule has 4 rings (SSSR count). The number of fused-ring (bicyclic) bond motifs is 1. The monoisotopic (exact) mass is 432 g/mol. The minimum Gasteiger partial charge on any atom is -0.389 e. The van der Waals surface area contributed by atoms with Gasteiger partial charge in [0, 0.05) is 32.5 Å². The standard InChI is InChI=1S/C20H22F2N6O3/c1-10-16(19(30)27(2)3)25-18-12(21)6-11(8-28(10)18)17-13(22)7-23-20(26-17)24-14-4-5-31-9-15(14)29/h6-8,14-15,29H,4-5,9H2,1-3H3,(H,23,24,26)/t14-,15-/m1/s1. The summed E-state index contributed by atoms with van der Waals surface area (Å²) in [6.07, 6.45) is 2.25. The number of nitrogens with one attached hydrogen (secondary N) is 1. The average Bonchev–Trinajstić information content (AvgIpc) is 3.07. The Morgan fingerprint density at radius 1 is 1.32 bits per heavy atom. The Kier molecular flexibility index (Phi) is 5.54. The molecule has 11 heteroatoms. The Balaban J connectivity index is 1.74. The van der Waals surface area contributed by atoms with Crippen LogP contribution in [0.15, 0.2) is 18.5 Å². The third kappa shape index (κ3) is 3.93. The number of hydrogen-bond donors (Lipinski definition) is 2. The van der Waals surface area contributed by atoms with Crippen LogP contribution in [-0.2, 0) is 4.74 Å². The molecule has 164 valence electrons. The number of amides is 1. The van der Waals surface area contributed by atoms with Crippen molar-refractivity contribution in [2.24, 2.45) is 0 Å². The lowest BCUT2D eigenvalue weighted by Crippen LogP contribution is -2.42. The summed E-state index contributed by atoms with van der Waals surface area (Å²) in [5, 5.41) is 13.0. The number of aryl methyl sites for hydroxylation is 1. The highest BCUT2D eigenvalue weighted by Crippen LogP contribution is 2.26. The number of carbonyl (C=O) groups excluding carboxylic acids is 1. The molecule has 2 atom stereocenters. The second-order valence-electron chi connectivity index (χ2n) is 7.59. The van der Waals surface area contributed by atoms with Gasteiger partial charge in [-0.05, 0) is 19.4 Å². The fraction of sp³-hybridized carbons (Fsp3) is 0.400. The predicted molar refractivity (Wildman–Crippen MR) is 108 cm³/mol. The van der Waals surface area contributed by atoms with Gasteiger partial charge in [-0.2, -0.15) is 0 Å². The van der Waals surface area contributed by atoms with Crippen molar-refractivity contribution in [1.82, 2.24) is 24.3 Å². The van der Waals surface area contributed by atoms with Crippen LogP contribution in [-0.4, -0.2) is 74.7 Å². The number of ether oxygens (including phenoxy) is 1. The zero-order valence-electron chi connectivity index (χ0n) is 17.3. The lowest BCUT2D eigenvalue weighted by atomic mass is 10.1. The van der Waals surface area contributed by atoms with Crippen LogP contribution < -0.4 is 5.32 Å². The molecule has 1 aliphatic heterocycles. The number of imidazole rings is 1. The molecule has 3 aromatic heterocycles. The van der Waals surface area contributed by atoms with E-state index in [0.29, 0.717) is 18.7 Å². The summed E-state index contributed by atoms with van der Waals surface area (Å²) >= 11 is 0. The molecule has 31 heavy (non-hydrogen) atoms. The topological polar surface area (TPSA) is 105 Å². The normalized spacial score (nSPS) is 18.9. The molecule has 0 saturated carbocycles. The fourth-order valence-electron chi connectivity index (χ4n) is 3.46. The summed E-state index contributed by atoms with van der Waals surface area (Å²) in [6, 6.07) is 0.770. The first-order valence-corrected chi connectivity index (χ1v) is 9.71. The van der Waals surface area contributed by atoms with Gasteiger partial charge in [-0.15, -0.1) is 0 Å². The zero-order valence-corrected chi connectivity index (χ0v) is 17.3. The Labute approximate surface area is 176 Å². The van der Waals surface area contributed by atoms with Gasteiger partial charge in [-0.3, -0.25) is 4.79 Å². The maximum atomic E-state index is 14.8. The van der Waals surface area contributed by atoms with Crippen molar-refractivity contribution in [1.29, 1.82) is 0 Å². The molecule has 0 spiro atoms. The van der Waals surface area contributed by atoms with Crippen molar-refractivity contribution in [2.75, 3.05) is 32.6 Å². The summed E-state index contributed by atoms with van der Waals surface area (Å²) in [7, 11) is 3.15. The number of aliphatic hydroxyl groups excluding tert-OH is 1. The highest BCUT2D eigenvalue weighted by atomic mass is 19.1. The molecule has 9 nitrogen and oxygen atoms in total. The maximum absolute atomic E-state index is 14.8. The lowest BCUT2D eigenvalue weighted by Gasteiger charge is -2.28. The molecule has 0 aromatic carbocycles. The van der Waals surface area contributed by atoms with E-state index in [1.807, 2.05) is 0 Å². The third-order valence-electron chi connectivity index (χ3n) is 5.18. The molecular weight excluding hydrogens is 410 g/mol. The van der Waals surface area contributed by atoms with E-state index in [4.69, 9.17) is 4.74 Å². The van der Waals surface area contributed by atoms with Crippen LogP contribution in [0.3, 0.4) is 0 Å². The Hall–Kier alpha value is -3.18. The van der Waals surface area contributed by atoms with Crippen molar-refractivity contribution in [3.8, 4) is 11.3 Å². The van der Waals surface area contributed by atoms with Crippen LogP contribution in [0, 0.1) is 18.6 Å². The number of carbonyl (C=O) groups is 1. The SMILES string of the molecule is Cc1c(C(=O)N(C)C)nc2c(F)cc(-c3nc(N[C@@H]4CCOC[C@H]4O)ncc3F)cn12. The van der Waals surface area contributed by atoms with Crippen molar-refractivity contribution >= 4 is 17.5 Å². The average molecular weight is 432 g/mol. The predicted octanol–water partition coefficient (Wildman–Crippen LogP) is 1.64. The number of rotatable bonds is 4. The van der Waals surface area contributed by atoms with Crippen LogP contribution in [0.4, 0.5) is 14.7 Å². The Morgan fingerprint density at radius 2 is 2.10 bits per heavy atom. The molecule has 3 aromatic rings. The molecule has 0 unspecified atom stereocenters. The molecule has 0 radical (unpaired) electrons. The second kappa shape index (κ2) is 8.16. The Bertz CT molecular complexity index is 1150. The number of nitrogens with zero attached hydrogens (tertiary/aromatic N) is 5. The van der Waals surface area contributed by atoms with Gasteiger partial charge in [0.2, 0.25) is 5.95 Å². The van der Waals surface area contributed by atoms with Crippen molar-refractivity contribution < 1.29 is 23.4 Å². The molecule has 2 N–H and O–H groups in total. The summed E-state index contributed by atoms with van der Waals surface area (Å²) < 4.78 is 36.0. The number of hydrogen-bond acceptors (Lipinski definition) is 7. The summed E-state index contributed by atoms with van der Waals surface area (Å²) in [5.74, 6) is -1.71. The highest BCUT2D eigenvalue weighted by Gasteiger charge is 2.25. The van der Waals surface area contributed by atoms with Gasteiger partial charge in [0.1, 0.15) is 11.4 Å². The smallest absolute Gasteiger partial charge is 0.273 e. The number of pyridine rings is 1. The second-order valence-corrected chi connectivity index (χ2v) is 7.59. The molecule has 1 amide bonds. The van der Waals surface area contributed by atoms with Gasteiger partial charge in [0.25, 0.3) is 5.91 Å². The van der Waals surface area contributed by atoms with Crippen LogP contribution in [0.25, 0.3) is 16.9 Å². The van der Waals surface area contributed by atoms with Crippen LogP contribution >= 0.6 is 0 Å². The maximum Gasteiger partial charge on any atom is 0.273 e. The van der Waals surface area contributed by atoms with Crippen LogP contribution in [0.1, 0.15) is 22.6 Å². The first kappa shape index (κ1) is 21.1. The molecule has 0 aliphatic carbocycles. The van der Waals surface area contributed by atoms with Crippen molar-refractivity contribution in [3.05, 3.63) is 41.5 Å². The number of halogens is 2. The number of aromatic nitrogens is 4. The minimum absolute atomic E-state index is 0.0374. The summed E-state index contributed by atoms with van der Waals surface area (Å²) in [5.41, 5.74) is 0.538. The van der Waals surface area contributed by atoms with Gasteiger partial charge in [-0.25, -0.2) is 23.7 Å². The van der Waals surface area contributed by atoms with Gasteiger partial charge < -0.3 is 24.5 Å².